The Bertz CT molecular complexity index is 739. The Balaban J connectivity index is 1.41. The Labute approximate surface area is 144 Å². The molecule has 2 aromatic rings. The summed E-state index contributed by atoms with van der Waals surface area (Å²) in [6, 6.07) is 12.2. The lowest BCUT2D eigenvalue weighted by Gasteiger charge is -2.08. The summed E-state index contributed by atoms with van der Waals surface area (Å²) in [5, 5.41) is 2.81. The maximum Gasteiger partial charge on any atom is 0.338 e. The Kier molecular flexibility index (Phi) is 5.28. The maximum atomic E-state index is 12.8. The van der Waals surface area contributed by atoms with Gasteiger partial charge in [-0.2, -0.15) is 0 Å². The molecule has 0 radical (unpaired) electrons. The second kappa shape index (κ2) is 7.79. The Morgan fingerprint density at radius 1 is 1.00 bits per heavy atom. The second-order valence-electron chi connectivity index (χ2n) is 5.78. The van der Waals surface area contributed by atoms with Crippen molar-refractivity contribution in [1.82, 2.24) is 0 Å². The molecule has 130 valence electrons. The monoisotopic (exact) mass is 343 g/mol. The molecule has 25 heavy (non-hydrogen) atoms. The van der Waals surface area contributed by atoms with Gasteiger partial charge in [0.05, 0.1) is 5.56 Å². The fourth-order valence-corrected chi connectivity index (χ4v) is 2.19. The van der Waals surface area contributed by atoms with Crippen LogP contribution in [0.5, 0.6) is 5.75 Å². The quantitative estimate of drug-likeness (QED) is 0.618. The van der Waals surface area contributed by atoms with Crippen molar-refractivity contribution in [1.29, 1.82) is 0 Å². The lowest BCUT2D eigenvalue weighted by molar-refractivity contribution is -0.117. The Morgan fingerprint density at radius 3 is 2.32 bits per heavy atom. The molecule has 2 aromatic carbocycles. The van der Waals surface area contributed by atoms with E-state index in [0.29, 0.717) is 17.0 Å². The first-order valence-electron chi connectivity index (χ1n) is 8.08. The number of rotatable bonds is 7. The van der Waals surface area contributed by atoms with Gasteiger partial charge in [-0.05, 0) is 61.4 Å². The summed E-state index contributed by atoms with van der Waals surface area (Å²) < 4.78 is 23.2. The fourth-order valence-electron chi connectivity index (χ4n) is 2.19. The number of benzene rings is 2. The number of anilines is 1. The van der Waals surface area contributed by atoms with Crippen LogP contribution >= 0.6 is 0 Å². The smallest absolute Gasteiger partial charge is 0.338 e. The molecule has 0 spiro atoms. The van der Waals surface area contributed by atoms with Crippen molar-refractivity contribution in [2.75, 3.05) is 18.5 Å². The van der Waals surface area contributed by atoms with Crippen LogP contribution in [-0.4, -0.2) is 25.1 Å². The molecular formula is C19H18FNO4. The molecule has 1 amide bonds. The number of ether oxygens (including phenoxy) is 2. The number of hydrogen-bond donors (Lipinski definition) is 1. The third kappa shape index (κ3) is 5.04. The highest BCUT2D eigenvalue weighted by Gasteiger charge is 2.29. The van der Waals surface area contributed by atoms with E-state index in [2.05, 4.69) is 5.32 Å². The number of amides is 1. The van der Waals surface area contributed by atoms with Crippen LogP contribution in [0, 0.1) is 11.7 Å². The first-order chi connectivity index (χ1) is 12.1. The standard InChI is InChI=1S/C19H18FNO4/c20-15-5-9-17(10-6-15)24-11-12-25-19(23)14-3-7-16(8-4-14)21-18(22)13-1-2-13/h3-10,13H,1-2,11-12H2,(H,21,22). The molecule has 3 rings (SSSR count). The minimum absolute atomic E-state index is 0.0215. The Hall–Kier alpha value is -2.89. The normalized spacial score (nSPS) is 13.2. The van der Waals surface area contributed by atoms with E-state index in [0.717, 1.165) is 12.8 Å². The van der Waals surface area contributed by atoms with Crippen LogP contribution in [0.4, 0.5) is 10.1 Å². The first-order valence-corrected chi connectivity index (χ1v) is 8.08. The molecule has 0 heterocycles. The van der Waals surface area contributed by atoms with E-state index in [9.17, 15) is 14.0 Å². The molecular weight excluding hydrogens is 325 g/mol. The van der Waals surface area contributed by atoms with Crippen molar-refractivity contribution < 1.29 is 23.5 Å². The summed E-state index contributed by atoms with van der Waals surface area (Å²) in [6.45, 7) is 0.253. The van der Waals surface area contributed by atoms with Crippen molar-refractivity contribution in [3.8, 4) is 5.75 Å². The minimum Gasteiger partial charge on any atom is -0.490 e. The molecule has 0 unspecified atom stereocenters. The first kappa shape index (κ1) is 17.0. The summed E-state index contributed by atoms with van der Waals surface area (Å²) in [6.07, 6.45) is 1.88. The van der Waals surface area contributed by atoms with E-state index in [4.69, 9.17) is 9.47 Å². The van der Waals surface area contributed by atoms with Crippen molar-refractivity contribution in [3.63, 3.8) is 0 Å². The van der Waals surface area contributed by atoms with Crippen molar-refractivity contribution in [2.45, 2.75) is 12.8 Å². The predicted molar refractivity (Wildman–Crippen MR) is 90.0 cm³/mol. The summed E-state index contributed by atoms with van der Waals surface area (Å²) >= 11 is 0. The number of esters is 1. The average Bonchev–Trinajstić information content (AvgIpc) is 3.46. The molecule has 0 aliphatic heterocycles. The Morgan fingerprint density at radius 2 is 1.68 bits per heavy atom. The highest BCUT2D eigenvalue weighted by Crippen LogP contribution is 2.30. The number of carbonyl (C=O) groups is 2. The van der Waals surface area contributed by atoms with Crippen LogP contribution in [0.25, 0.3) is 0 Å². The predicted octanol–water partition coefficient (Wildman–Crippen LogP) is 3.41. The third-order valence-electron chi connectivity index (χ3n) is 3.74. The topological polar surface area (TPSA) is 64.6 Å². The van der Waals surface area contributed by atoms with E-state index >= 15 is 0 Å². The van der Waals surface area contributed by atoms with E-state index in [1.165, 1.54) is 24.3 Å². The fraction of sp³-hybridized carbons (Fsp3) is 0.263. The molecule has 1 aliphatic rings. The summed E-state index contributed by atoms with van der Waals surface area (Å²) in [5.41, 5.74) is 1.05. The molecule has 0 saturated heterocycles. The molecule has 0 bridgehead atoms. The van der Waals surface area contributed by atoms with Crippen molar-refractivity contribution in [2.24, 2.45) is 5.92 Å². The molecule has 1 aliphatic carbocycles. The van der Waals surface area contributed by atoms with Gasteiger partial charge in [0.15, 0.2) is 0 Å². The third-order valence-corrected chi connectivity index (χ3v) is 3.74. The SMILES string of the molecule is O=C(OCCOc1ccc(F)cc1)c1ccc(NC(=O)C2CC2)cc1. The average molecular weight is 343 g/mol. The van der Waals surface area contributed by atoms with Gasteiger partial charge in [0.25, 0.3) is 0 Å². The summed E-state index contributed by atoms with van der Waals surface area (Å²) in [7, 11) is 0. The van der Waals surface area contributed by atoms with E-state index in [1.54, 1.807) is 24.3 Å². The molecule has 0 atom stereocenters. The van der Waals surface area contributed by atoms with Gasteiger partial charge in [-0.15, -0.1) is 0 Å². The molecule has 0 aromatic heterocycles. The highest BCUT2D eigenvalue weighted by atomic mass is 19.1. The number of halogens is 1. The zero-order valence-electron chi connectivity index (χ0n) is 13.5. The zero-order chi connectivity index (χ0) is 17.6. The van der Waals surface area contributed by atoms with Crippen LogP contribution in [-0.2, 0) is 9.53 Å². The van der Waals surface area contributed by atoms with Gasteiger partial charge in [0, 0.05) is 11.6 Å². The molecule has 5 nitrogen and oxygen atoms in total. The van der Waals surface area contributed by atoms with Crippen LogP contribution in [0.1, 0.15) is 23.2 Å². The van der Waals surface area contributed by atoms with Crippen molar-refractivity contribution >= 4 is 17.6 Å². The van der Waals surface area contributed by atoms with Crippen LogP contribution in [0.15, 0.2) is 48.5 Å². The largest absolute Gasteiger partial charge is 0.490 e. The van der Waals surface area contributed by atoms with Gasteiger partial charge in [-0.1, -0.05) is 0 Å². The highest BCUT2D eigenvalue weighted by molar-refractivity contribution is 5.95. The van der Waals surface area contributed by atoms with Gasteiger partial charge in [0.2, 0.25) is 5.91 Å². The van der Waals surface area contributed by atoms with Gasteiger partial charge in [-0.25, -0.2) is 9.18 Å². The molecule has 1 N–H and O–H groups in total. The maximum absolute atomic E-state index is 12.8. The van der Waals surface area contributed by atoms with Gasteiger partial charge in [-0.3, -0.25) is 4.79 Å². The van der Waals surface area contributed by atoms with E-state index in [1.807, 2.05) is 0 Å². The molecule has 1 saturated carbocycles. The minimum atomic E-state index is -0.470. The zero-order valence-corrected chi connectivity index (χ0v) is 13.5. The summed E-state index contributed by atoms with van der Waals surface area (Å²) in [4.78, 5) is 23.6. The van der Waals surface area contributed by atoms with E-state index < -0.39 is 5.97 Å². The lowest BCUT2D eigenvalue weighted by Crippen LogP contribution is -2.14. The lowest BCUT2D eigenvalue weighted by atomic mass is 10.2. The van der Waals surface area contributed by atoms with Crippen molar-refractivity contribution in [3.05, 3.63) is 59.9 Å². The van der Waals surface area contributed by atoms with E-state index in [-0.39, 0.29) is 30.9 Å². The number of hydrogen-bond acceptors (Lipinski definition) is 4. The molecule has 1 fully saturated rings. The van der Waals surface area contributed by atoms with Crippen LogP contribution in [0.2, 0.25) is 0 Å². The number of nitrogens with one attached hydrogen (secondary N) is 1. The molecule has 6 heteroatoms. The number of carbonyl (C=O) groups excluding carboxylic acids is 2. The summed E-state index contributed by atoms with van der Waals surface area (Å²) in [5.74, 6) is -0.148. The van der Waals surface area contributed by atoms with Gasteiger partial charge >= 0.3 is 5.97 Å². The second-order valence-corrected chi connectivity index (χ2v) is 5.78. The van der Waals surface area contributed by atoms with Gasteiger partial charge < -0.3 is 14.8 Å². The van der Waals surface area contributed by atoms with Crippen LogP contribution in [0.3, 0.4) is 0 Å². The van der Waals surface area contributed by atoms with Crippen LogP contribution < -0.4 is 10.1 Å². The van der Waals surface area contributed by atoms with Gasteiger partial charge in [0.1, 0.15) is 24.8 Å².